The SMILES string of the molecule is CCOc1ccc2ccccc2c1/C=C(\C#N)C(=O)c1c(-c2ccccc2)n(CC)c2ccccc12. The minimum Gasteiger partial charge on any atom is -0.493 e. The number of ketones is 1. The number of benzene rings is 4. The first-order valence-corrected chi connectivity index (χ1v) is 12.2. The zero-order valence-electron chi connectivity index (χ0n) is 20.4. The molecule has 0 unspecified atom stereocenters. The largest absolute Gasteiger partial charge is 0.493 e. The van der Waals surface area contributed by atoms with Crippen molar-refractivity contribution in [3.63, 3.8) is 0 Å². The molecular weight excluding hydrogens is 444 g/mol. The van der Waals surface area contributed by atoms with Gasteiger partial charge in [0.25, 0.3) is 0 Å². The molecule has 0 atom stereocenters. The lowest BCUT2D eigenvalue weighted by atomic mass is 9.95. The van der Waals surface area contributed by atoms with E-state index in [1.54, 1.807) is 6.08 Å². The number of nitriles is 1. The molecule has 1 heterocycles. The second-order valence-electron chi connectivity index (χ2n) is 8.48. The van der Waals surface area contributed by atoms with Gasteiger partial charge in [0.2, 0.25) is 5.78 Å². The lowest BCUT2D eigenvalue weighted by Crippen LogP contribution is -2.06. The van der Waals surface area contributed by atoms with Crippen molar-refractivity contribution in [1.29, 1.82) is 5.26 Å². The summed E-state index contributed by atoms with van der Waals surface area (Å²) in [5, 5.41) is 13.0. The summed E-state index contributed by atoms with van der Waals surface area (Å²) in [6.45, 7) is 5.17. The molecule has 36 heavy (non-hydrogen) atoms. The van der Waals surface area contributed by atoms with Crippen LogP contribution in [-0.4, -0.2) is 17.0 Å². The molecule has 4 heteroatoms. The quantitative estimate of drug-likeness (QED) is 0.139. The molecule has 0 saturated carbocycles. The first-order valence-electron chi connectivity index (χ1n) is 12.2. The lowest BCUT2D eigenvalue weighted by molar-refractivity contribution is 0.104. The van der Waals surface area contributed by atoms with E-state index in [0.29, 0.717) is 24.5 Å². The van der Waals surface area contributed by atoms with Crippen LogP contribution in [0.5, 0.6) is 5.75 Å². The van der Waals surface area contributed by atoms with Crippen molar-refractivity contribution in [3.8, 4) is 23.1 Å². The van der Waals surface area contributed by atoms with E-state index in [1.807, 2.05) is 97.9 Å². The number of ether oxygens (including phenoxy) is 1. The molecule has 0 fully saturated rings. The number of aromatic nitrogens is 1. The third-order valence-corrected chi connectivity index (χ3v) is 6.45. The summed E-state index contributed by atoms with van der Waals surface area (Å²) in [6, 6.07) is 31.8. The smallest absolute Gasteiger partial charge is 0.206 e. The Morgan fingerprint density at radius 3 is 2.31 bits per heavy atom. The van der Waals surface area contributed by atoms with Gasteiger partial charge < -0.3 is 9.30 Å². The molecule has 176 valence electrons. The van der Waals surface area contributed by atoms with Gasteiger partial charge in [-0.1, -0.05) is 78.9 Å². The van der Waals surface area contributed by atoms with Gasteiger partial charge in [-0.05, 0) is 48.4 Å². The molecule has 0 aliphatic rings. The van der Waals surface area contributed by atoms with Gasteiger partial charge in [-0.2, -0.15) is 5.26 Å². The van der Waals surface area contributed by atoms with Gasteiger partial charge in [0.05, 0.1) is 17.9 Å². The summed E-state index contributed by atoms with van der Waals surface area (Å²) in [5.41, 5.74) is 4.10. The molecule has 4 nitrogen and oxygen atoms in total. The van der Waals surface area contributed by atoms with Crippen LogP contribution >= 0.6 is 0 Å². The molecule has 0 radical (unpaired) electrons. The number of hydrogen-bond donors (Lipinski definition) is 0. The van der Waals surface area contributed by atoms with Crippen molar-refractivity contribution >= 4 is 33.5 Å². The van der Waals surface area contributed by atoms with E-state index in [2.05, 4.69) is 17.6 Å². The maximum absolute atomic E-state index is 14.2. The highest BCUT2D eigenvalue weighted by atomic mass is 16.5. The summed E-state index contributed by atoms with van der Waals surface area (Å²) in [5.74, 6) is 0.353. The highest BCUT2D eigenvalue weighted by Crippen LogP contribution is 2.37. The number of carbonyl (C=O) groups is 1. The van der Waals surface area contributed by atoms with Gasteiger partial charge in [0.15, 0.2) is 0 Å². The molecule has 4 aromatic carbocycles. The number of hydrogen-bond acceptors (Lipinski definition) is 3. The number of carbonyl (C=O) groups excluding carboxylic acids is 1. The van der Waals surface area contributed by atoms with E-state index in [-0.39, 0.29) is 11.4 Å². The van der Waals surface area contributed by atoms with Crippen molar-refractivity contribution in [2.75, 3.05) is 6.61 Å². The van der Waals surface area contributed by atoms with Crippen LogP contribution in [0.4, 0.5) is 0 Å². The fourth-order valence-corrected chi connectivity index (χ4v) is 4.89. The second-order valence-corrected chi connectivity index (χ2v) is 8.48. The molecule has 0 spiro atoms. The Morgan fingerprint density at radius 1 is 0.889 bits per heavy atom. The molecule has 1 aromatic heterocycles. The van der Waals surface area contributed by atoms with Crippen LogP contribution in [0.3, 0.4) is 0 Å². The summed E-state index contributed by atoms with van der Waals surface area (Å²) in [6.07, 6.45) is 1.68. The number of rotatable bonds is 7. The van der Waals surface area contributed by atoms with Gasteiger partial charge in [0, 0.05) is 23.0 Å². The second kappa shape index (κ2) is 9.93. The molecule has 5 rings (SSSR count). The maximum atomic E-state index is 14.2. The van der Waals surface area contributed by atoms with Gasteiger partial charge >= 0.3 is 0 Å². The molecule has 0 amide bonds. The van der Waals surface area contributed by atoms with Crippen molar-refractivity contribution in [1.82, 2.24) is 4.57 Å². The standard InChI is InChI=1S/C32H26N2O2/c1-3-34-28-17-11-10-16-26(28)30(31(34)23-13-6-5-7-14-23)32(35)24(21-33)20-27-25-15-9-8-12-22(25)18-19-29(27)36-4-2/h5-20H,3-4H2,1-2H3/b24-20+. The van der Waals surface area contributed by atoms with Crippen LogP contribution in [0.2, 0.25) is 0 Å². The van der Waals surface area contributed by atoms with E-state index >= 15 is 0 Å². The first kappa shape index (κ1) is 23.1. The number of Topliss-reactive ketones (excluding diaryl/α,β-unsaturated/α-hetero) is 1. The fraction of sp³-hybridized carbons (Fsp3) is 0.125. The summed E-state index contributed by atoms with van der Waals surface area (Å²) < 4.78 is 8.04. The summed E-state index contributed by atoms with van der Waals surface area (Å²) in [7, 11) is 0. The summed E-state index contributed by atoms with van der Waals surface area (Å²) >= 11 is 0. The minimum atomic E-state index is -0.296. The molecule has 0 saturated heterocycles. The van der Waals surface area contributed by atoms with E-state index < -0.39 is 0 Å². The van der Waals surface area contributed by atoms with Gasteiger partial charge in [-0.3, -0.25) is 4.79 Å². The Labute approximate surface area is 210 Å². The highest BCUT2D eigenvalue weighted by molar-refractivity contribution is 6.24. The average molecular weight is 471 g/mol. The predicted molar refractivity (Wildman–Crippen MR) is 146 cm³/mol. The molecular formula is C32H26N2O2. The predicted octanol–water partition coefficient (Wildman–Crippen LogP) is 7.67. The fourth-order valence-electron chi connectivity index (χ4n) is 4.89. The summed E-state index contributed by atoms with van der Waals surface area (Å²) in [4.78, 5) is 14.2. The zero-order chi connectivity index (χ0) is 25.1. The Balaban J connectivity index is 1.77. The van der Waals surface area contributed by atoms with Crippen LogP contribution in [0.1, 0.15) is 29.8 Å². The van der Waals surface area contributed by atoms with Gasteiger partial charge in [0.1, 0.15) is 17.4 Å². The molecule has 0 bridgehead atoms. The first-order chi connectivity index (χ1) is 17.7. The maximum Gasteiger partial charge on any atom is 0.206 e. The molecule has 5 aromatic rings. The minimum absolute atomic E-state index is 0.0727. The molecule has 0 aliphatic heterocycles. The Hall–Kier alpha value is -4.62. The third kappa shape index (κ3) is 3.95. The van der Waals surface area contributed by atoms with E-state index in [4.69, 9.17) is 4.74 Å². The van der Waals surface area contributed by atoms with Crippen molar-refractivity contribution in [3.05, 3.63) is 108 Å². The van der Waals surface area contributed by atoms with Gasteiger partial charge in [-0.15, -0.1) is 0 Å². The molecule has 0 aliphatic carbocycles. The van der Waals surface area contributed by atoms with E-state index in [1.165, 1.54) is 0 Å². The van der Waals surface area contributed by atoms with Crippen molar-refractivity contribution < 1.29 is 9.53 Å². The van der Waals surface area contributed by atoms with Crippen LogP contribution in [-0.2, 0) is 6.54 Å². The number of para-hydroxylation sites is 1. The monoisotopic (exact) mass is 470 g/mol. The number of nitrogens with zero attached hydrogens (tertiary/aromatic N) is 2. The van der Waals surface area contributed by atoms with Crippen LogP contribution < -0.4 is 4.74 Å². The van der Waals surface area contributed by atoms with Crippen LogP contribution in [0.25, 0.3) is 39.0 Å². The van der Waals surface area contributed by atoms with Crippen LogP contribution in [0.15, 0.2) is 96.6 Å². The Kier molecular flexibility index (Phi) is 6.38. The number of aryl methyl sites for hydroxylation is 1. The van der Waals surface area contributed by atoms with Gasteiger partial charge in [-0.25, -0.2) is 0 Å². The Morgan fingerprint density at radius 2 is 1.58 bits per heavy atom. The third-order valence-electron chi connectivity index (χ3n) is 6.45. The highest BCUT2D eigenvalue weighted by Gasteiger charge is 2.26. The van der Waals surface area contributed by atoms with E-state index in [9.17, 15) is 10.1 Å². The Bertz CT molecular complexity index is 1650. The topological polar surface area (TPSA) is 55.0 Å². The number of allylic oxidation sites excluding steroid dienone is 1. The lowest BCUT2D eigenvalue weighted by Gasteiger charge is -2.12. The van der Waals surface area contributed by atoms with Crippen LogP contribution in [0, 0.1) is 11.3 Å². The zero-order valence-corrected chi connectivity index (χ0v) is 20.4. The average Bonchev–Trinajstić information content (AvgIpc) is 3.27. The van der Waals surface area contributed by atoms with Crippen molar-refractivity contribution in [2.45, 2.75) is 20.4 Å². The van der Waals surface area contributed by atoms with Crippen molar-refractivity contribution in [2.24, 2.45) is 0 Å². The number of fused-ring (bicyclic) bond motifs is 2. The normalized spacial score (nSPS) is 11.5. The molecule has 0 N–H and O–H groups in total. The van der Waals surface area contributed by atoms with E-state index in [0.717, 1.165) is 38.5 Å².